The molecule has 29 heavy (non-hydrogen) atoms. The Morgan fingerprint density at radius 3 is 2.31 bits per heavy atom. The van der Waals surface area contributed by atoms with Gasteiger partial charge in [-0.3, -0.25) is 4.79 Å². The zero-order valence-electron chi connectivity index (χ0n) is 18.6. The van der Waals surface area contributed by atoms with E-state index < -0.39 is 0 Å². The number of rotatable bonds is 4. The van der Waals surface area contributed by atoms with Crippen molar-refractivity contribution in [1.29, 1.82) is 0 Å². The van der Waals surface area contributed by atoms with Gasteiger partial charge in [-0.05, 0) is 108 Å². The van der Waals surface area contributed by atoms with Crippen LogP contribution >= 0.6 is 0 Å². The molecule has 0 atom stereocenters. The highest BCUT2D eigenvalue weighted by Gasteiger charge is 2.54. The molecule has 0 unspecified atom stereocenters. The van der Waals surface area contributed by atoms with Gasteiger partial charge in [-0.1, -0.05) is 12.1 Å². The molecule has 0 spiro atoms. The van der Waals surface area contributed by atoms with Crippen LogP contribution in [0, 0.1) is 23.2 Å². The lowest BCUT2D eigenvalue weighted by atomic mass is 9.48. The lowest BCUT2D eigenvalue weighted by Crippen LogP contribution is -2.50. The van der Waals surface area contributed by atoms with Crippen LogP contribution in [0.3, 0.4) is 0 Å². The minimum absolute atomic E-state index is 0.0242. The van der Waals surface area contributed by atoms with Crippen molar-refractivity contribution >= 4 is 11.5 Å². The Hall–Kier alpha value is -1.61. The number of nitrogens with zero attached hydrogens (tertiary/aromatic N) is 1. The molecule has 0 saturated heterocycles. The van der Waals surface area contributed by atoms with Gasteiger partial charge in [0.15, 0.2) is 5.78 Å². The van der Waals surface area contributed by atoms with Crippen LogP contribution in [-0.4, -0.2) is 30.3 Å². The maximum absolute atomic E-state index is 13.7. The zero-order valence-corrected chi connectivity index (χ0v) is 18.6. The summed E-state index contributed by atoms with van der Waals surface area (Å²) in [6.07, 6.45) is 10.6. The monoisotopic (exact) mass is 392 g/mol. The van der Waals surface area contributed by atoms with E-state index in [1.54, 1.807) is 0 Å². The maximum atomic E-state index is 13.7. The molecule has 0 amide bonds. The molecule has 1 aromatic carbocycles. The predicted molar refractivity (Wildman–Crippen MR) is 118 cm³/mol. The van der Waals surface area contributed by atoms with Crippen molar-refractivity contribution in [3.63, 3.8) is 0 Å². The third-order valence-electron chi connectivity index (χ3n) is 7.91. The van der Waals surface area contributed by atoms with Crippen LogP contribution in [0.15, 0.2) is 24.3 Å². The van der Waals surface area contributed by atoms with E-state index in [4.69, 9.17) is 0 Å². The van der Waals surface area contributed by atoms with E-state index in [0.29, 0.717) is 5.78 Å². The second-order valence-corrected chi connectivity index (χ2v) is 11.5. The van der Waals surface area contributed by atoms with Crippen molar-refractivity contribution in [3.05, 3.63) is 41.0 Å². The van der Waals surface area contributed by atoms with Gasteiger partial charge in [0, 0.05) is 34.8 Å². The molecule has 1 heterocycles. The van der Waals surface area contributed by atoms with Crippen LogP contribution in [0.2, 0.25) is 0 Å². The molecule has 156 valence electrons. The van der Waals surface area contributed by atoms with E-state index in [-0.39, 0.29) is 11.0 Å². The Kier molecular flexibility index (Phi) is 4.47. The van der Waals surface area contributed by atoms with E-state index in [0.717, 1.165) is 55.7 Å². The van der Waals surface area contributed by atoms with Gasteiger partial charge in [0.25, 0.3) is 0 Å². The van der Waals surface area contributed by atoms with Crippen molar-refractivity contribution < 1.29 is 4.79 Å². The Morgan fingerprint density at radius 2 is 1.72 bits per heavy atom. The highest BCUT2D eigenvalue weighted by Crippen LogP contribution is 2.60. The lowest BCUT2D eigenvalue weighted by molar-refractivity contribution is -0.138. The summed E-state index contributed by atoms with van der Waals surface area (Å²) in [5.74, 6) is 2.82. The van der Waals surface area contributed by atoms with Crippen molar-refractivity contribution in [3.8, 4) is 0 Å². The first-order valence-electron chi connectivity index (χ1n) is 11.5. The van der Waals surface area contributed by atoms with Crippen molar-refractivity contribution in [2.75, 3.05) is 14.1 Å². The van der Waals surface area contributed by atoms with E-state index in [9.17, 15) is 4.79 Å². The van der Waals surface area contributed by atoms with Crippen LogP contribution < -0.4 is 5.32 Å². The molecule has 1 N–H and O–H groups in total. The first-order chi connectivity index (χ1) is 13.7. The molecular weight excluding hydrogens is 356 g/mol. The largest absolute Gasteiger partial charge is 0.379 e. The smallest absolute Gasteiger partial charge is 0.163 e. The summed E-state index contributed by atoms with van der Waals surface area (Å²) >= 11 is 0. The summed E-state index contributed by atoms with van der Waals surface area (Å²) in [7, 11) is 4.21. The summed E-state index contributed by atoms with van der Waals surface area (Å²) in [5, 5.41) is 3.72. The fourth-order valence-electron chi connectivity index (χ4n) is 7.25. The van der Waals surface area contributed by atoms with Gasteiger partial charge in [-0.2, -0.15) is 0 Å². The van der Waals surface area contributed by atoms with Crippen molar-refractivity contribution in [2.24, 2.45) is 23.2 Å². The highest BCUT2D eigenvalue weighted by atomic mass is 16.1. The SMILES string of the molecule is CN(C)Cc1ccc2c(c1)C(=CC(=O)C13CC4CC(CC(C4)C1)C3)NC(C)(C)C2. The molecule has 1 aromatic rings. The number of hydrogen-bond donors (Lipinski definition) is 1. The summed E-state index contributed by atoms with van der Waals surface area (Å²) < 4.78 is 0. The first-order valence-corrected chi connectivity index (χ1v) is 11.5. The quantitative estimate of drug-likeness (QED) is 0.747. The van der Waals surface area contributed by atoms with Gasteiger partial charge in [0.1, 0.15) is 0 Å². The van der Waals surface area contributed by atoms with E-state index in [1.807, 2.05) is 6.08 Å². The van der Waals surface area contributed by atoms with Crippen LogP contribution in [-0.2, 0) is 17.8 Å². The first kappa shape index (κ1) is 19.4. The van der Waals surface area contributed by atoms with Gasteiger partial charge in [-0.25, -0.2) is 0 Å². The second-order valence-electron chi connectivity index (χ2n) is 11.5. The molecule has 6 rings (SSSR count). The lowest BCUT2D eigenvalue weighted by Gasteiger charge is -2.55. The predicted octanol–water partition coefficient (Wildman–Crippen LogP) is 4.80. The second kappa shape index (κ2) is 6.70. The number of allylic oxidation sites excluding steroid dienone is 1. The summed E-state index contributed by atoms with van der Waals surface area (Å²) in [6.45, 7) is 5.41. The number of ketones is 1. The third-order valence-corrected chi connectivity index (χ3v) is 7.91. The molecular formula is C26H36N2O. The Balaban J connectivity index is 1.50. The zero-order chi connectivity index (χ0) is 20.4. The highest BCUT2D eigenvalue weighted by molar-refractivity contribution is 6.01. The van der Waals surface area contributed by atoms with Gasteiger partial charge in [0.05, 0.1) is 0 Å². The fourth-order valence-corrected chi connectivity index (χ4v) is 7.25. The Bertz CT molecular complexity index is 828. The number of carbonyl (C=O) groups is 1. The average molecular weight is 393 g/mol. The molecule has 0 radical (unpaired) electrons. The van der Waals surface area contributed by atoms with Crippen molar-refractivity contribution in [1.82, 2.24) is 10.2 Å². The van der Waals surface area contributed by atoms with Gasteiger partial charge in [-0.15, -0.1) is 0 Å². The summed E-state index contributed by atoms with van der Waals surface area (Å²) in [5.41, 5.74) is 4.87. The normalized spacial score (nSPS) is 35.6. The number of fused-ring (bicyclic) bond motifs is 1. The topological polar surface area (TPSA) is 32.3 Å². The van der Waals surface area contributed by atoms with Gasteiger partial charge < -0.3 is 10.2 Å². The standard InChI is InChI=1S/C26H36N2O/c1-25(2)15-21-6-5-17(16-28(3)4)10-22(21)23(27-25)11-24(29)26-12-18-7-19(13-26)9-20(8-18)14-26/h5-6,10-11,18-20,27H,7-9,12-16H2,1-4H3. The summed E-state index contributed by atoms with van der Waals surface area (Å²) in [6, 6.07) is 6.83. The average Bonchev–Trinajstić information content (AvgIpc) is 2.60. The molecule has 0 aromatic heterocycles. The van der Waals surface area contributed by atoms with Crippen LogP contribution in [0.1, 0.15) is 69.1 Å². The number of hydrogen-bond acceptors (Lipinski definition) is 3. The number of nitrogens with one attached hydrogen (secondary N) is 1. The molecule has 4 saturated carbocycles. The Morgan fingerprint density at radius 1 is 1.10 bits per heavy atom. The van der Waals surface area contributed by atoms with E-state index >= 15 is 0 Å². The minimum Gasteiger partial charge on any atom is -0.379 e. The third kappa shape index (κ3) is 3.56. The molecule has 5 aliphatic rings. The van der Waals surface area contributed by atoms with Gasteiger partial charge in [0.2, 0.25) is 0 Å². The number of carbonyl (C=O) groups excluding carboxylic acids is 1. The molecule has 4 fully saturated rings. The molecule has 3 nitrogen and oxygen atoms in total. The number of benzene rings is 1. The van der Waals surface area contributed by atoms with Crippen molar-refractivity contribution in [2.45, 2.75) is 70.9 Å². The molecule has 1 aliphatic heterocycles. The molecule has 4 bridgehead atoms. The van der Waals surface area contributed by atoms with E-state index in [2.05, 4.69) is 56.4 Å². The molecule has 3 heteroatoms. The Labute approximate surface area is 175 Å². The summed E-state index contributed by atoms with van der Waals surface area (Å²) in [4.78, 5) is 15.9. The minimum atomic E-state index is -0.0631. The van der Waals surface area contributed by atoms with Gasteiger partial charge >= 0.3 is 0 Å². The van der Waals surface area contributed by atoms with Crippen LogP contribution in [0.4, 0.5) is 0 Å². The maximum Gasteiger partial charge on any atom is 0.163 e. The molecule has 4 aliphatic carbocycles. The fraction of sp³-hybridized carbons (Fsp3) is 0.654. The van der Waals surface area contributed by atoms with Crippen LogP contribution in [0.25, 0.3) is 5.70 Å². The van der Waals surface area contributed by atoms with E-state index in [1.165, 1.54) is 36.0 Å². The van der Waals surface area contributed by atoms with Crippen LogP contribution in [0.5, 0.6) is 0 Å².